The molecule has 6 heteroatoms. The summed E-state index contributed by atoms with van der Waals surface area (Å²) in [5, 5.41) is 3.88. The van der Waals surface area contributed by atoms with Crippen molar-refractivity contribution in [2.24, 2.45) is 0 Å². The summed E-state index contributed by atoms with van der Waals surface area (Å²) >= 11 is 0. The van der Waals surface area contributed by atoms with Crippen LogP contribution in [0.1, 0.15) is 23.2 Å². The zero-order valence-corrected chi connectivity index (χ0v) is 14.0. The third kappa shape index (κ3) is 3.39. The number of aromatic nitrogens is 1. The van der Waals surface area contributed by atoms with Gasteiger partial charge in [-0.15, -0.1) is 0 Å². The molecule has 1 atom stereocenters. The molecule has 0 radical (unpaired) electrons. The number of nitrogens with one attached hydrogen (secondary N) is 1. The van der Waals surface area contributed by atoms with E-state index in [0.29, 0.717) is 12.1 Å². The molecule has 3 rings (SSSR count). The minimum Gasteiger partial charge on any atom is -0.376 e. The summed E-state index contributed by atoms with van der Waals surface area (Å²) in [6.45, 7) is 1.37. The van der Waals surface area contributed by atoms with Crippen LogP contribution >= 0.6 is 21.6 Å². The highest BCUT2D eigenvalue weighted by atomic mass is 33.1. The molecule has 1 N–H and O–H groups in total. The van der Waals surface area contributed by atoms with Crippen molar-refractivity contribution in [1.82, 2.24) is 10.3 Å². The lowest BCUT2D eigenvalue weighted by atomic mass is 10.1. The van der Waals surface area contributed by atoms with Gasteiger partial charge in [0.15, 0.2) is 0 Å². The van der Waals surface area contributed by atoms with Crippen LogP contribution in [0.2, 0.25) is 0 Å². The number of carbonyl (C=O) groups is 1. The van der Waals surface area contributed by atoms with E-state index in [2.05, 4.69) is 10.3 Å². The first-order valence-corrected chi connectivity index (χ1v) is 9.83. The Labute approximate surface area is 137 Å². The van der Waals surface area contributed by atoms with E-state index in [1.54, 1.807) is 27.8 Å². The number of rotatable bonds is 5. The number of carbonyl (C=O) groups excluding carboxylic acids is 1. The molecule has 1 fully saturated rings. The van der Waals surface area contributed by atoms with Gasteiger partial charge >= 0.3 is 0 Å². The number of hydrogen-bond donors (Lipinski definition) is 1. The number of amides is 1. The second kappa shape index (κ2) is 7.35. The summed E-state index contributed by atoms with van der Waals surface area (Å²) in [4.78, 5) is 18.0. The van der Waals surface area contributed by atoms with E-state index in [-0.39, 0.29) is 12.0 Å². The van der Waals surface area contributed by atoms with Crippen LogP contribution < -0.4 is 5.32 Å². The van der Waals surface area contributed by atoms with Gasteiger partial charge in [-0.1, -0.05) is 27.7 Å². The first-order chi connectivity index (χ1) is 10.8. The van der Waals surface area contributed by atoms with Gasteiger partial charge in [0.1, 0.15) is 0 Å². The molecule has 0 saturated carbocycles. The number of hydrogen-bond acceptors (Lipinski definition) is 5. The predicted molar refractivity (Wildman–Crippen MR) is 92.4 cm³/mol. The highest BCUT2D eigenvalue weighted by molar-refractivity contribution is 8.76. The lowest BCUT2D eigenvalue weighted by Crippen LogP contribution is -2.31. The van der Waals surface area contributed by atoms with Crippen LogP contribution in [0.3, 0.4) is 0 Å². The van der Waals surface area contributed by atoms with Gasteiger partial charge in [-0.25, -0.2) is 0 Å². The topological polar surface area (TPSA) is 51.2 Å². The predicted octanol–water partition coefficient (Wildman–Crippen LogP) is 3.51. The number of nitrogens with zero attached hydrogens (tertiary/aromatic N) is 1. The Morgan fingerprint density at radius 2 is 2.36 bits per heavy atom. The second-order valence-corrected chi connectivity index (χ2v) is 7.55. The van der Waals surface area contributed by atoms with Crippen LogP contribution in [0.15, 0.2) is 35.4 Å². The molecule has 2 aromatic rings. The quantitative estimate of drug-likeness (QED) is 0.848. The summed E-state index contributed by atoms with van der Waals surface area (Å²) in [6, 6.07) is 7.67. The zero-order valence-electron chi connectivity index (χ0n) is 12.4. The number of fused-ring (bicyclic) bond motifs is 1. The molecule has 0 bridgehead atoms. The molecular formula is C16H18N2O2S2. The molecule has 1 unspecified atom stereocenters. The van der Waals surface area contributed by atoms with Crippen LogP contribution in [-0.4, -0.2) is 36.4 Å². The molecule has 0 aliphatic carbocycles. The van der Waals surface area contributed by atoms with Crippen molar-refractivity contribution in [1.29, 1.82) is 0 Å². The van der Waals surface area contributed by atoms with E-state index < -0.39 is 0 Å². The van der Waals surface area contributed by atoms with E-state index >= 15 is 0 Å². The van der Waals surface area contributed by atoms with Crippen molar-refractivity contribution in [3.8, 4) is 0 Å². The van der Waals surface area contributed by atoms with Crippen molar-refractivity contribution < 1.29 is 9.53 Å². The fourth-order valence-corrected chi connectivity index (χ4v) is 4.10. The summed E-state index contributed by atoms with van der Waals surface area (Å²) in [6.07, 6.45) is 6.04. The molecule has 1 aromatic heterocycles. The van der Waals surface area contributed by atoms with E-state index in [0.717, 1.165) is 35.2 Å². The van der Waals surface area contributed by atoms with Crippen molar-refractivity contribution >= 4 is 38.4 Å². The van der Waals surface area contributed by atoms with Crippen molar-refractivity contribution in [2.75, 3.05) is 19.4 Å². The smallest absolute Gasteiger partial charge is 0.252 e. The van der Waals surface area contributed by atoms with E-state index in [1.165, 1.54) is 0 Å². The van der Waals surface area contributed by atoms with Gasteiger partial charge in [0, 0.05) is 35.2 Å². The Kier molecular flexibility index (Phi) is 5.23. The molecule has 4 nitrogen and oxygen atoms in total. The fraction of sp³-hybridized carbons (Fsp3) is 0.375. The Hall–Kier alpha value is -1.24. The van der Waals surface area contributed by atoms with E-state index in [9.17, 15) is 4.79 Å². The number of pyridine rings is 1. The largest absolute Gasteiger partial charge is 0.376 e. The molecule has 22 heavy (non-hydrogen) atoms. The molecule has 1 aliphatic rings. The van der Waals surface area contributed by atoms with Crippen LogP contribution in [0, 0.1) is 0 Å². The molecule has 116 valence electrons. The molecule has 1 aliphatic heterocycles. The number of benzene rings is 1. The van der Waals surface area contributed by atoms with Gasteiger partial charge in [0.25, 0.3) is 5.91 Å². The first kappa shape index (κ1) is 15.6. The average molecular weight is 334 g/mol. The summed E-state index contributed by atoms with van der Waals surface area (Å²) in [7, 11) is 3.33. The van der Waals surface area contributed by atoms with Crippen molar-refractivity contribution in [2.45, 2.75) is 23.8 Å². The maximum atomic E-state index is 12.5. The number of ether oxygens (including phenoxy) is 1. The summed E-state index contributed by atoms with van der Waals surface area (Å²) in [5.41, 5.74) is 1.55. The Morgan fingerprint density at radius 3 is 3.14 bits per heavy atom. The van der Waals surface area contributed by atoms with Gasteiger partial charge < -0.3 is 10.1 Å². The van der Waals surface area contributed by atoms with Crippen LogP contribution in [0.5, 0.6) is 0 Å². The molecule has 1 saturated heterocycles. The molecular weight excluding hydrogens is 316 g/mol. The highest BCUT2D eigenvalue weighted by Gasteiger charge is 2.18. The summed E-state index contributed by atoms with van der Waals surface area (Å²) in [5.74, 6) is -0.0609. The van der Waals surface area contributed by atoms with Gasteiger partial charge in [-0.3, -0.25) is 9.78 Å². The Balaban J connectivity index is 1.83. The Morgan fingerprint density at radius 1 is 1.45 bits per heavy atom. The second-order valence-electron chi connectivity index (χ2n) is 5.11. The highest BCUT2D eigenvalue weighted by Crippen LogP contribution is 2.34. The maximum Gasteiger partial charge on any atom is 0.252 e. The van der Waals surface area contributed by atoms with E-state index in [4.69, 9.17) is 4.74 Å². The monoisotopic (exact) mass is 334 g/mol. The molecule has 0 spiro atoms. The normalized spacial score (nSPS) is 17.8. The van der Waals surface area contributed by atoms with Crippen LogP contribution in [-0.2, 0) is 4.74 Å². The van der Waals surface area contributed by atoms with Gasteiger partial charge in [0.05, 0.1) is 11.6 Å². The third-order valence-corrected chi connectivity index (χ3v) is 5.38. The van der Waals surface area contributed by atoms with Crippen molar-refractivity contribution in [3.63, 3.8) is 0 Å². The van der Waals surface area contributed by atoms with Crippen LogP contribution in [0.4, 0.5) is 0 Å². The molecule has 1 aromatic carbocycles. The molecule has 2 heterocycles. The van der Waals surface area contributed by atoms with Gasteiger partial charge in [-0.2, -0.15) is 0 Å². The van der Waals surface area contributed by atoms with E-state index in [1.807, 2.05) is 30.5 Å². The zero-order chi connectivity index (χ0) is 15.4. The lowest BCUT2D eigenvalue weighted by Gasteiger charge is -2.13. The first-order valence-electron chi connectivity index (χ1n) is 7.28. The SMILES string of the molecule is CSSc1ccc(C(=O)NCC2CCCO2)c2cccnc12. The van der Waals surface area contributed by atoms with Crippen LogP contribution in [0.25, 0.3) is 10.9 Å². The molecule has 1 amide bonds. The minimum absolute atomic E-state index is 0.0609. The van der Waals surface area contributed by atoms with Gasteiger partial charge in [-0.05, 0) is 37.3 Å². The van der Waals surface area contributed by atoms with Gasteiger partial charge in [0.2, 0.25) is 0 Å². The fourth-order valence-electron chi connectivity index (χ4n) is 2.61. The Bertz CT molecular complexity index is 672. The minimum atomic E-state index is -0.0609. The standard InChI is InChI=1S/C16H18N2O2S2/c1-21-22-14-7-6-13(12-5-2-8-17-15(12)14)16(19)18-10-11-4-3-9-20-11/h2,5-8,11H,3-4,9-10H2,1H3,(H,18,19). The maximum absolute atomic E-state index is 12.5. The lowest BCUT2D eigenvalue weighted by molar-refractivity contribution is 0.0859. The average Bonchev–Trinajstić information content (AvgIpc) is 3.06. The summed E-state index contributed by atoms with van der Waals surface area (Å²) < 4.78 is 5.54. The van der Waals surface area contributed by atoms with Crippen molar-refractivity contribution in [3.05, 3.63) is 36.0 Å². The third-order valence-electron chi connectivity index (χ3n) is 3.66.